The molecule has 2 unspecified atom stereocenters. The van der Waals surface area contributed by atoms with Gasteiger partial charge in [0, 0.05) is 25.7 Å². The lowest BCUT2D eigenvalue weighted by molar-refractivity contribution is -0.161. The van der Waals surface area contributed by atoms with Crippen molar-refractivity contribution in [1.29, 1.82) is 0 Å². The van der Waals surface area contributed by atoms with Gasteiger partial charge in [0.2, 0.25) is 0 Å². The number of hydrogen-bond donors (Lipinski definition) is 3. The zero-order valence-electron chi connectivity index (χ0n) is 66.2. The third-order valence-electron chi connectivity index (χ3n) is 19.2. The standard InChI is InChI=1S/C82H160O17P2/c1-7-9-11-13-15-17-19-21-22-23-24-28-31-34-38-41-45-52-58-64-79(84)92-70-77(98-82(87)67-61-55-47-43-39-35-32-29-26-25-27-30-33-36-40-44-50-56-62-74(3)4)72-96-100(88,89)94-68-76(83)69-95-101(90,91)97-73-78(71-93-80(85)65-59-53-49-48-51-57-63-75(5)6)99-81(86)66-60-54-46-42-37-20-18-16-14-12-10-8-2/h74-78,83H,7-73H2,1-6H3,(H,88,89)(H,90,91)/t76-,77-,78-/m1/s1. The fourth-order valence-corrected chi connectivity index (χ4v) is 14.3. The Bertz CT molecular complexity index is 1940. The first-order valence-corrected chi connectivity index (χ1v) is 45.5. The van der Waals surface area contributed by atoms with Gasteiger partial charge in [0.1, 0.15) is 19.3 Å². The molecule has 600 valence electrons. The first-order valence-electron chi connectivity index (χ1n) is 42.5. The van der Waals surface area contributed by atoms with E-state index in [9.17, 15) is 43.2 Å². The summed E-state index contributed by atoms with van der Waals surface area (Å²) in [6.07, 6.45) is 64.1. The minimum absolute atomic E-state index is 0.107. The number of rotatable bonds is 81. The highest BCUT2D eigenvalue weighted by molar-refractivity contribution is 7.47. The molecular weight excluding hydrogens is 1320 g/mol. The van der Waals surface area contributed by atoms with Crippen LogP contribution in [0.25, 0.3) is 0 Å². The van der Waals surface area contributed by atoms with Gasteiger partial charge >= 0.3 is 39.5 Å². The predicted molar refractivity (Wildman–Crippen MR) is 414 cm³/mol. The molecule has 0 aromatic carbocycles. The summed E-state index contributed by atoms with van der Waals surface area (Å²) in [6, 6.07) is 0. The molecule has 0 aliphatic heterocycles. The van der Waals surface area contributed by atoms with Crippen LogP contribution in [0.15, 0.2) is 0 Å². The van der Waals surface area contributed by atoms with Gasteiger partial charge in [0.25, 0.3) is 0 Å². The number of unbranched alkanes of at least 4 members (excludes halogenated alkanes) is 51. The van der Waals surface area contributed by atoms with Gasteiger partial charge in [0.15, 0.2) is 12.2 Å². The maximum atomic E-state index is 13.1. The second-order valence-corrected chi connectivity index (χ2v) is 33.4. The molecule has 0 fully saturated rings. The Morgan fingerprint density at radius 1 is 0.267 bits per heavy atom. The molecule has 0 saturated heterocycles. The van der Waals surface area contributed by atoms with Crippen LogP contribution < -0.4 is 0 Å². The number of esters is 4. The first kappa shape index (κ1) is 99.1. The van der Waals surface area contributed by atoms with Crippen LogP contribution in [-0.4, -0.2) is 96.7 Å². The van der Waals surface area contributed by atoms with Crippen molar-refractivity contribution in [3.8, 4) is 0 Å². The summed E-state index contributed by atoms with van der Waals surface area (Å²) in [7, 11) is -9.92. The van der Waals surface area contributed by atoms with E-state index in [0.717, 1.165) is 102 Å². The quantitative estimate of drug-likeness (QED) is 0.0222. The van der Waals surface area contributed by atoms with Crippen molar-refractivity contribution in [2.75, 3.05) is 39.6 Å². The molecule has 5 atom stereocenters. The Balaban J connectivity index is 5.19. The average molecular weight is 1480 g/mol. The molecule has 0 bridgehead atoms. The Morgan fingerprint density at radius 2 is 0.455 bits per heavy atom. The van der Waals surface area contributed by atoms with Crippen molar-refractivity contribution in [3.63, 3.8) is 0 Å². The van der Waals surface area contributed by atoms with Gasteiger partial charge in [0.05, 0.1) is 26.4 Å². The minimum atomic E-state index is -4.96. The lowest BCUT2D eigenvalue weighted by atomic mass is 10.0. The summed E-state index contributed by atoms with van der Waals surface area (Å²) in [6.45, 7) is 9.59. The number of phosphoric ester groups is 2. The number of aliphatic hydroxyl groups is 1. The molecule has 0 aliphatic rings. The van der Waals surface area contributed by atoms with Crippen molar-refractivity contribution in [1.82, 2.24) is 0 Å². The summed E-state index contributed by atoms with van der Waals surface area (Å²) in [5, 5.41) is 10.6. The Morgan fingerprint density at radius 3 is 0.673 bits per heavy atom. The Labute approximate surface area is 619 Å². The summed E-state index contributed by atoms with van der Waals surface area (Å²) in [5.41, 5.74) is 0. The highest BCUT2D eigenvalue weighted by Gasteiger charge is 2.30. The normalized spacial score (nSPS) is 13.9. The zero-order valence-corrected chi connectivity index (χ0v) is 68.0. The van der Waals surface area contributed by atoms with Crippen LogP contribution in [0.2, 0.25) is 0 Å². The van der Waals surface area contributed by atoms with Crippen LogP contribution in [0.3, 0.4) is 0 Å². The van der Waals surface area contributed by atoms with Crippen molar-refractivity contribution in [3.05, 3.63) is 0 Å². The maximum absolute atomic E-state index is 13.1. The molecule has 0 spiro atoms. The summed E-state index contributed by atoms with van der Waals surface area (Å²) in [5.74, 6) is -0.610. The number of phosphoric acid groups is 2. The van der Waals surface area contributed by atoms with Crippen LogP contribution >= 0.6 is 15.6 Å². The number of carbonyl (C=O) groups is 4. The Kier molecular flexibility index (Phi) is 72.2. The van der Waals surface area contributed by atoms with Crippen LogP contribution in [0, 0.1) is 11.8 Å². The van der Waals surface area contributed by atoms with E-state index in [4.69, 9.17) is 37.0 Å². The van der Waals surface area contributed by atoms with E-state index in [1.165, 1.54) is 244 Å². The number of aliphatic hydroxyl groups excluding tert-OH is 1. The van der Waals surface area contributed by atoms with Crippen LogP contribution in [0.1, 0.15) is 433 Å². The Hall–Kier alpha value is -1.94. The van der Waals surface area contributed by atoms with Gasteiger partial charge in [-0.25, -0.2) is 9.13 Å². The lowest BCUT2D eigenvalue weighted by Gasteiger charge is -2.21. The van der Waals surface area contributed by atoms with E-state index >= 15 is 0 Å². The van der Waals surface area contributed by atoms with Crippen LogP contribution in [0.5, 0.6) is 0 Å². The van der Waals surface area contributed by atoms with Gasteiger partial charge < -0.3 is 33.8 Å². The van der Waals surface area contributed by atoms with Crippen LogP contribution in [-0.2, 0) is 65.4 Å². The van der Waals surface area contributed by atoms with E-state index in [0.29, 0.717) is 31.6 Å². The second kappa shape index (κ2) is 73.6. The molecule has 19 heteroatoms. The molecule has 3 N–H and O–H groups in total. The molecule has 0 aromatic rings. The van der Waals surface area contributed by atoms with E-state index in [2.05, 4.69) is 41.5 Å². The van der Waals surface area contributed by atoms with E-state index in [1.807, 2.05) is 0 Å². The topological polar surface area (TPSA) is 237 Å². The molecule has 0 heterocycles. The fraction of sp³-hybridized carbons (Fsp3) is 0.951. The molecule has 0 rings (SSSR count). The lowest BCUT2D eigenvalue weighted by Crippen LogP contribution is -2.30. The van der Waals surface area contributed by atoms with Gasteiger partial charge in [-0.15, -0.1) is 0 Å². The van der Waals surface area contributed by atoms with Gasteiger partial charge in [-0.05, 0) is 37.5 Å². The number of ether oxygens (including phenoxy) is 4. The zero-order chi connectivity index (χ0) is 74.2. The minimum Gasteiger partial charge on any atom is -0.462 e. The van der Waals surface area contributed by atoms with Gasteiger partial charge in [-0.3, -0.25) is 37.3 Å². The molecule has 0 aromatic heterocycles. The first-order chi connectivity index (χ1) is 48.9. The highest BCUT2D eigenvalue weighted by Crippen LogP contribution is 2.45. The molecule has 17 nitrogen and oxygen atoms in total. The second-order valence-electron chi connectivity index (χ2n) is 30.5. The summed E-state index contributed by atoms with van der Waals surface area (Å²) in [4.78, 5) is 73.0. The van der Waals surface area contributed by atoms with E-state index < -0.39 is 97.5 Å². The van der Waals surface area contributed by atoms with Gasteiger partial charge in [-0.1, -0.05) is 382 Å². The third-order valence-corrected chi connectivity index (χ3v) is 21.1. The van der Waals surface area contributed by atoms with Gasteiger partial charge in [-0.2, -0.15) is 0 Å². The summed E-state index contributed by atoms with van der Waals surface area (Å²) < 4.78 is 68.7. The monoisotopic (exact) mass is 1480 g/mol. The number of hydrogen-bond acceptors (Lipinski definition) is 15. The van der Waals surface area contributed by atoms with Crippen molar-refractivity contribution >= 4 is 39.5 Å². The van der Waals surface area contributed by atoms with E-state index in [-0.39, 0.29) is 25.7 Å². The van der Waals surface area contributed by atoms with Crippen LogP contribution in [0.4, 0.5) is 0 Å². The molecule has 101 heavy (non-hydrogen) atoms. The third kappa shape index (κ3) is 76.1. The molecule has 0 saturated carbocycles. The van der Waals surface area contributed by atoms with Crippen molar-refractivity contribution < 1.29 is 80.2 Å². The SMILES string of the molecule is CCCCCCCCCCCCCCCCCCCCCC(=O)OC[C@H](COP(=O)(O)OC[C@@H](O)COP(=O)(O)OC[C@@H](COC(=O)CCCCCCCCC(C)C)OC(=O)CCCCCCCCCCCCCC)OC(=O)CCCCCCCCCCCCCCCCCCCCC(C)C. The number of carbonyl (C=O) groups excluding carboxylic acids is 4. The molecule has 0 radical (unpaired) electrons. The van der Waals surface area contributed by atoms with Crippen molar-refractivity contribution in [2.24, 2.45) is 11.8 Å². The van der Waals surface area contributed by atoms with E-state index in [1.54, 1.807) is 0 Å². The fourth-order valence-electron chi connectivity index (χ4n) is 12.7. The smallest absolute Gasteiger partial charge is 0.462 e. The predicted octanol–water partition coefficient (Wildman–Crippen LogP) is 24.7. The highest BCUT2D eigenvalue weighted by atomic mass is 31.2. The summed E-state index contributed by atoms with van der Waals surface area (Å²) >= 11 is 0. The van der Waals surface area contributed by atoms with Crippen molar-refractivity contribution in [2.45, 2.75) is 452 Å². The molecule has 0 aliphatic carbocycles. The molecule has 0 amide bonds. The maximum Gasteiger partial charge on any atom is 0.472 e. The average Bonchev–Trinajstić information content (AvgIpc) is 0.941. The molecular formula is C82H160O17P2. The largest absolute Gasteiger partial charge is 0.472 e.